The summed E-state index contributed by atoms with van der Waals surface area (Å²) in [4.78, 5) is 0. The summed E-state index contributed by atoms with van der Waals surface area (Å²) in [6, 6.07) is 0. The van der Waals surface area contributed by atoms with E-state index in [0.717, 1.165) is 12.6 Å². The van der Waals surface area contributed by atoms with Crippen LogP contribution in [0.1, 0.15) is 39.5 Å². The van der Waals surface area contributed by atoms with Gasteiger partial charge in [-0.25, -0.2) is 0 Å². The molecule has 76 valence electrons. The van der Waals surface area contributed by atoms with Gasteiger partial charge in [-0.3, -0.25) is 0 Å². The highest BCUT2D eigenvalue weighted by molar-refractivity contribution is 7.81. The molecule has 1 nitrogen and oxygen atoms in total. The van der Waals surface area contributed by atoms with Crippen LogP contribution in [-0.4, -0.2) is 18.3 Å². The second kappa shape index (κ2) is 5.97. The lowest BCUT2D eigenvalue weighted by molar-refractivity contribution is 0.160. The fourth-order valence-corrected chi connectivity index (χ4v) is 2.37. The first kappa shape index (κ1) is 11.4. The van der Waals surface area contributed by atoms with E-state index in [2.05, 4.69) is 26.5 Å². The number of hydrogen-bond donors (Lipinski definition) is 1. The molecule has 0 spiro atoms. The summed E-state index contributed by atoms with van der Waals surface area (Å²) < 4.78 is 6.03. The Morgan fingerprint density at radius 1 is 1.23 bits per heavy atom. The summed E-state index contributed by atoms with van der Waals surface area (Å²) >= 11 is 4.58. The molecule has 0 aromatic rings. The van der Waals surface area contributed by atoms with Gasteiger partial charge in [-0.15, -0.1) is 0 Å². The van der Waals surface area contributed by atoms with Gasteiger partial charge in [0.05, 0.1) is 6.10 Å². The molecule has 0 radical (unpaired) electrons. The van der Waals surface area contributed by atoms with E-state index >= 15 is 0 Å². The highest BCUT2D eigenvalue weighted by Crippen LogP contribution is 2.26. The van der Waals surface area contributed by atoms with Crippen molar-refractivity contribution in [3.63, 3.8) is 0 Å². The van der Waals surface area contributed by atoms with Crippen molar-refractivity contribution >= 4 is 19.5 Å². The smallest absolute Gasteiger partial charge is 0.292 e. The molecule has 1 aliphatic carbocycles. The molecule has 2 atom stereocenters. The van der Waals surface area contributed by atoms with Crippen LogP contribution in [0.2, 0.25) is 12.6 Å². The van der Waals surface area contributed by atoms with E-state index in [1.54, 1.807) is 0 Å². The molecule has 0 aliphatic heterocycles. The van der Waals surface area contributed by atoms with E-state index in [-0.39, 0.29) is 0 Å². The molecule has 2 unspecified atom stereocenters. The topological polar surface area (TPSA) is 9.23 Å². The van der Waals surface area contributed by atoms with Gasteiger partial charge in [-0.05, 0) is 12.8 Å². The van der Waals surface area contributed by atoms with Crippen molar-refractivity contribution in [2.24, 2.45) is 0 Å². The molecule has 0 N–H and O–H groups in total. The molecular formula is C10H21BOS. The van der Waals surface area contributed by atoms with E-state index in [9.17, 15) is 0 Å². The molecule has 1 saturated carbocycles. The third-order valence-electron chi connectivity index (χ3n) is 2.95. The lowest BCUT2D eigenvalue weighted by Gasteiger charge is -2.30. The van der Waals surface area contributed by atoms with E-state index in [4.69, 9.17) is 4.65 Å². The van der Waals surface area contributed by atoms with E-state index in [0.29, 0.717) is 18.3 Å². The van der Waals surface area contributed by atoms with E-state index in [1.165, 1.54) is 25.7 Å². The average molecular weight is 200 g/mol. The van der Waals surface area contributed by atoms with Gasteiger partial charge in [0.15, 0.2) is 0 Å². The summed E-state index contributed by atoms with van der Waals surface area (Å²) in [5.41, 5.74) is 0. The fourth-order valence-electron chi connectivity index (χ4n) is 1.96. The first-order chi connectivity index (χ1) is 6.27. The lowest BCUT2D eigenvalue weighted by Crippen LogP contribution is -2.34. The largest absolute Gasteiger partial charge is 0.432 e. The monoisotopic (exact) mass is 200 g/mol. The van der Waals surface area contributed by atoms with Crippen molar-refractivity contribution in [2.45, 2.75) is 63.5 Å². The Balaban J connectivity index is 2.32. The molecule has 1 rings (SSSR count). The molecule has 1 fully saturated rings. The second-order valence-electron chi connectivity index (χ2n) is 3.96. The van der Waals surface area contributed by atoms with Crippen LogP contribution in [0.15, 0.2) is 0 Å². The first-order valence-electron chi connectivity index (χ1n) is 5.61. The minimum Gasteiger partial charge on any atom is -0.432 e. The van der Waals surface area contributed by atoms with Gasteiger partial charge in [0.1, 0.15) is 0 Å². The van der Waals surface area contributed by atoms with Crippen LogP contribution in [0.5, 0.6) is 0 Å². The zero-order valence-electron chi connectivity index (χ0n) is 8.83. The summed E-state index contributed by atoms with van der Waals surface area (Å²) in [5.74, 6) is 0. The van der Waals surface area contributed by atoms with Gasteiger partial charge >= 0.3 is 0 Å². The summed E-state index contributed by atoms with van der Waals surface area (Å²) in [6.07, 6.45) is 7.78. The predicted molar refractivity (Wildman–Crippen MR) is 62.8 cm³/mol. The maximum absolute atomic E-state index is 6.03. The standard InChI is InChI=1S/C10H21BOS/c1-3-11(4-2)12-9-7-5-6-8-10(9)13/h9-10,13H,3-8H2,1-2H3. The SMILES string of the molecule is CCB(CC)OC1CCCCC1S. The van der Waals surface area contributed by atoms with Crippen LogP contribution in [-0.2, 0) is 4.65 Å². The van der Waals surface area contributed by atoms with Crippen molar-refractivity contribution in [1.29, 1.82) is 0 Å². The molecule has 0 aromatic heterocycles. The Kier molecular flexibility index (Phi) is 5.26. The summed E-state index contributed by atoms with van der Waals surface area (Å²) in [6.45, 7) is 4.85. The summed E-state index contributed by atoms with van der Waals surface area (Å²) in [7, 11) is 0. The Morgan fingerprint density at radius 2 is 1.85 bits per heavy atom. The van der Waals surface area contributed by atoms with Gasteiger partial charge in [-0.1, -0.05) is 39.3 Å². The van der Waals surface area contributed by atoms with E-state index < -0.39 is 0 Å². The molecule has 13 heavy (non-hydrogen) atoms. The fraction of sp³-hybridized carbons (Fsp3) is 1.00. The Morgan fingerprint density at radius 3 is 2.38 bits per heavy atom. The maximum Gasteiger partial charge on any atom is 0.292 e. The highest BCUT2D eigenvalue weighted by atomic mass is 32.1. The molecular weight excluding hydrogens is 179 g/mol. The predicted octanol–water partition coefficient (Wildman–Crippen LogP) is 3.28. The third-order valence-corrected chi connectivity index (χ3v) is 3.54. The highest BCUT2D eigenvalue weighted by Gasteiger charge is 2.25. The second-order valence-corrected chi connectivity index (χ2v) is 4.63. The van der Waals surface area contributed by atoms with Crippen LogP contribution in [0.4, 0.5) is 0 Å². The Bertz CT molecular complexity index is 139. The quantitative estimate of drug-likeness (QED) is 0.541. The van der Waals surface area contributed by atoms with Crippen LogP contribution in [0, 0.1) is 0 Å². The van der Waals surface area contributed by atoms with Gasteiger partial charge < -0.3 is 4.65 Å². The van der Waals surface area contributed by atoms with Crippen LogP contribution < -0.4 is 0 Å². The molecule has 0 bridgehead atoms. The number of rotatable bonds is 4. The lowest BCUT2D eigenvalue weighted by atomic mass is 9.62. The van der Waals surface area contributed by atoms with Crippen LogP contribution in [0.3, 0.4) is 0 Å². The van der Waals surface area contributed by atoms with Crippen molar-refractivity contribution < 1.29 is 4.65 Å². The average Bonchev–Trinajstić information content (AvgIpc) is 2.17. The van der Waals surface area contributed by atoms with Gasteiger partial charge in [-0.2, -0.15) is 12.6 Å². The molecule has 3 heteroatoms. The minimum absolute atomic E-state index is 0.419. The maximum atomic E-state index is 6.03. The molecule has 0 saturated heterocycles. The molecule has 0 heterocycles. The Labute approximate surface area is 88.1 Å². The zero-order valence-corrected chi connectivity index (χ0v) is 9.72. The van der Waals surface area contributed by atoms with E-state index in [1.807, 2.05) is 0 Å². The van der Waals surface area contributed by atoms with Crippen LogP contribution in [0.25, 0.3) is 0 Å². The first-order valence-corrected chi connectivity index (χ1v) is 6.13. The molecule has 1 aliphatic rings. The van der Waals surface area contributed by atoms with Gasteiger partial charge in [0.2, 0.25) is 0 Å². The van der Waals surface area contributed by atoms with Crippen molar-refractivity contribution in [2.75, 3.05) is 0 Å². The molecule has 0 aromatic carbocycles. The zero-order chi connectivity index (χ0) is 9.68. The van der Waals surface area contributed by atoms with Gasteiger partial charge in [0, 0.05) is 5.25 Å². The van der Waals surface area contributed by atoms with Crippen LogP contribution >= 0.6 is 12.6 Å². The molecule has 0 amide bonds. The Hall–Kier alpha value is 0.375. The number of hydrogen-bond acceptors (Lipinski definition) is 2. The van der Waals surface area contributed by atoms with Gasteiger partial charge in [0.25, 0.3) is 6.92 Å². The van der Waals surface area contributed by atoms with Crippen molar-refractivity contribution in [3.8, 4) is 0 Å². The number of thiol groups is 1. The summed E-state index contributed by atoms with van der Waals surface area (Å²) in [5, 5.41) is 0.481. The normalized spacial score (nSPS) is 28.8. The van der Waals surface area contributed by atoms with Crippen molar-refractivity contribution in [3.05, 3.63) is 0 Å². The minimum atomic E-state index is 0.419. The van der Waals surface area contributed by atoms with Crippen molar-refractivity contribution in [1.82, 2.24) is 0 Å². The third kappa shape index (κ3) is 3.55.